The van der Waals surface area contributed by atoms with Crippen molar-refractivity contribution in [1.82, 2.24) is 15.5 Å². The minimum Gasteiger partial charge on any atom is -0.367 e. The fraction of sp³-hybridized carbons (Fsp3) is 0.650. The van der Waals surface area contributed by atoms with Gasteiger partial charge < -0.3 is 15.4 Å². The number of likely N-dealkylation sites (tertiary alicyclic amines) is 1. The van der Waals surface area contributed by atoms with Gasteiger partial charge in [0.15, 0.2) is 5.96 Å². The van der Waals surface area contributed by atoms with E-state index in [9.17, 15) is 13.2 Å². The quantitative estimate of drug-likeness (QED) is 0.290. The van der Waals surface area contributed by atoms with Crippen LogP contribution in [0.2, 0.25) is 0 Å². The minimum absolute atomic E-state index is 0. The third-order valence-corrected chi connectivity index (χ3v) is 4.87. The van der Waals surface area contributed by atoms with Crippen LogP contribution in [-0.2, 0) is 17.9 Å². The van der Waals surface area contributed by atoms with Crippen molar-refractivity contribution in [3.63, 3.8) is 0 Å². The first-order valence-corrected chi connectivity index (χ1v) is 9.82. The Morgan fingerprint density at radius 3 is 2.31 bits per heavy atom. The van der Waals surface area contributed by atoms with E-state index in [1.165, 1.54) is 25.9 Å². The van der Waals surface area contributed by atoms with Crippen molar-refractivity contribution in [2.45, 2.75) is 51.6 Å². The molecule has 0 aromatic heterocycles. The number of ether oxygens (including phenoxy) is 1. The highest BCUT2D eigenvalue weighted by atomic mass is 127. The Kier molecular flexibility index (Phi) is 11.9. The zero-order valence-corrected chi connectivity index (χ0v) is 19.4. The summed E-state index contributed by atoms with van der Waals surface area (Å²) in [5, 5.41) is 6.67. The van der Waals surface area contributed by atoms with Crippen LogP contribution in [0.15, 0.2) is 29.3 Å². The summed E-state index contributed by atoms with van der Waals surface area (Å²) >= 11 is 0. The molecule has 1 aliphatic rings. The third-order valence-electron chi connectivity index (χ3n) is 4.87. The maximum Gasteiger partial charge on any atom is 0.411 e. The smallest absolute Gasteiger partial charge is 0.367 e. The summed E-state index contributed by atoms with van der Waals surface area (Å²) in [4.78, 5) is 6.79. The monoisotopic (exact) mass is 528 g/mol. The highest BCUT2D eigenvalue weighted by molar-refractivity contribution is 14.0. The van der Waals surface area contributed by atoms with Crippen LogP contribution in [0, 0.1) is 0 Å². The lowest BCUT2D eigenvalue weighted by Crippen LogP contribution is -2.46. The van der Waals surface area contributed by atoms with Crippen LogP contribution in [0.4, 0.5) is 13.2 Å². The highest BCUT2D eigenvalue weighted by Gasteiger charge is 2.27. The molecular weight excluding hydrogens is 496 g/mol. The molecule has 1 fully saturated rings. The molecule has 1 heterocycles. The van der Waals surface area contributed by atoms with Crippen molar-refractivity contribution >= 4 is 29.9 Å². The molecule has 1 aromatic rings. The zero-order chi connectivity index (χ0) is 20.4. The molecule has 9 heteroatoms. The number of aliphatic imine (C=N–C) groups is 1. The number of halogens is 4. The molecular formula is C20H32F3IN4O. The lowest BCUT2D eigenvalue weighted by Gasteiger charge is -2.27. The zero-order valence-electron chi connectivity index (χ0n) is 17.1. The molecule has 1 unspecified atom stereocenters. The van der Waals surface area contributed by atoms with E-state index in [-0.39, 0.29) is 30.6 Å². The van der Waals surface area contributed by atoms with E-state index >= 15 is 0 Å². The van der Waals surface area contributed by atoms with E-state index in [4.69, 9.17) is 0 Å². The molecule has 5 nitrogen and oxygen atoms in total. The summed E-state index contributed by atoms with van der Waals surface area (Å²) in [6.45, 7) is 4.71. The van der Waals surface area contributed by atoms with Crippen LogP contribution in [0.5, 0.6) is 0 Å². The molecule has 0 saturated carbocycles. The summed E-state index contributed by atoms with van der Waals surface area (Å²) in [7, 11) is 1.74. The SMILES string of the molecule is CCC(CNC(=NC)NCc1ccc(COCC(F)(F)F)cc1)N1CCCC1.I. The Labute approximate surface area is 188 Å². The number of nitrogens with zero attached hydrogens (tertiary/aromatic N) is 2. The molecule has 1 aliphatic heterocycles. The maximum atomic E-state index is 12.1. The molecule has 2 rings (SSSR count). The van der Waals surface area contributed by atoms with E-state index in [0.29, 0.717) is 18.2 Å². The predicted molar refractivity (Wildman–Crippen MR) is 121 cm³/mol. The topological polar surface area (TPSA) is 48.9 Å². The summed E-state index contributed by atoms with van der Waals surface area (Å²) < 4.78 is 41.0. The van der Waals surface area contributed by atoms with E-state index in [1.54, 1.807) is 19.2 Å². The summed E-state index contributed by atoms with van der Waals surface area (Å²) in [5.41, 5.74) is 1.74. The molecule has 1 atom stereocenters. The second-order valence-electron chi connectivity index (χ2n) is 7.04. The van der Waals surface area contributed by atoms with Crippen LogP contribution >= 0.6 is 24.0 Å². The number of guanidine groups is 1. The van der Waals surface area contributed by atoms with Crippen LogP contribution in [-0.4, -0.2) is 56.4 Å². The van der Waals surface area contributed by atoms with Gasteiger partial charge in [0, 0.05) is 26.2 Å². The number of benzene rings is 1. The highest BCUT2D eigenvalue weighted by Crippen LogP contribution is 2.16. The second-order valence-corrected chi connectivity index (χ2v) is 7.04. The maximum absolute atomic E-state index is 12.1. The lowest BCUT2D eigenvalue weighted by molar-refractivity contribution is -0.176. The Balaban J connectivity index is 0.00000420. The van der Waals surface area contributed by atoms with Crippen molar-refractivity contribution in [1.29, 1.82) is 0 Å². The van der Waals surface area contributed by atoms with Crippen molar-refractivity contribution in [2.24, 2.45) is 4.99 Å². The molecule has 0 bridgehead atoms. The Bertz CT molecular complexity index is 605. The fourth-order valence-corrected chi connectivity index (χ4v) is 3.30. The Hall–Kier alpha value is -1.07. The molecule has 166 valence electrons. The number of rotatable bonds is 9. The van der Waals surface area contributed by atoms with Gasteiger partial charge in [-0.15, -0.1) is 24.0 Å². The predicted octanol–water partition coefficient (Wildman–Crippen LogP) is 3.92. The van der Waals surface area contributed by atoms with Gasteiger partial charge in [-0.1, -0.05) is 31.2 Å². The molecule has 2 N–H and O–H groups in total. The lowest BCUT2D eigenvalue weighted by atomic mass is 10.1. The first-order chi connectivity index (χ1) is 13.4. The summed E-state index contributed by atoms with van der Waals surface area (Å²) in [6.07, 6.45) is -0.637. The van der Waals surface area contributed by atoms with Crippen LogP contribution in [0.25, 0.3) is 0 Å². The van der Waals surface area contributed by atoms with Crippen molar-refractivity contribution in [3.8, 4) is 0 Å². The molecule has 1 aromatic carbocycles. The standard InChI is InChI=1S/C20H31F3N4O.HI/c1-3-18(27-10-4-5-11-27)13-26-19(24-2)25-12-16-6-8-17(9-7-16)14-28-15-20(21,22)23;/h6-9,18H,3-5,10-15H2,1-2H3,(H2,24,25,26);1H. The first kappa shape index (κ1) is 26.0. The first-order valence-electron chi connectivity index (χ1n) is 9.82. The molecule has 0 radical (unpaired) electrons. The van der Waals surface area contributed by atoms with Crippen molar-refractivity contribution < 1.29 is 17.9 Å². The number of hydrogen-bond donors (Lipinski definition) is 2. The van der Waals surface area contributed by atoms with E-state index in [2.05, 4.69) is 32.2 Å². The van der Waals surface area contributed by atoms with Gasteiger partial charge in [0.2, 0.25) is 0 Å². The van der Waals surface area contributed by atoms with Crippen LogP contribution in [0.3, 0.4) is 0 Å². The molecule has 1 saturated heterocycles. The van der Waals surface area contributed by atoms with Crippen molar-refractivity contribution in [2.75, 3.05) is 33.3 Å². The summed E-state index contributed by atoms with van der Waals surface area (Å²) in [5.74, 6) is 0.746. The number of alkyl halides is 3. The van der Waals surface area contributed by atoms with Crippen LogP contribution in [0.1, 0.15) is 37.3 Å². The Morgan fingerprint density at radius 1 is 1.14 bits per heavy atom. The Morgan fingerprint density at radius 2 is 1.76 bits per heavy atom. The third kappa shape index (κ3) is 9.99. The molecule has 0 spiro atoms. The van der Waals surface area contributed by atoms with Gasteiger partial charge >= 0.3 is 6.18 Å². The molecule has 0 aliphatic carbocycles. The average molecular weight is 528 g/mol. The minimum atomic E-state index is -4.29. The fourth-order valence-electron chi connectivity index (χ4n) is 3.30. The van der Waals surface area contributed by atoms with Gasteiger partial charge in [-0.3, -0.25) is 9.89 Å². The number of nitrogens with one attached hydrogen (secondary N) is 2. The van der Waals surface area contributed by atoms with Gasteiger partial charge in [-0.25, -0.2) is 0 Å². The average Bonchev–Trinajstić information content (AvgIpc) is 3.19. The number of hydrogen-bond acceptors (Lipinski definition) is 3. The second kappa shape index (κ2) is 13.3. The van der Waals surface area contributed by atoms with Gasteiger partial charge in [-0.2, -0.15) is 13.2 Å². The van der Waals surface area contributed by atoms with Gasteiger partial charge in [0.05, 0.1) is 6.61 Å². The molecule has 29 heavy (non-hydrogen) atoms. The van der Waals surface area contributed by atoms with Gasteiger partial charge in [-0.05, 0) is 43.5 Å². The molecule has 0 amide bonds. The van der Waals surface area contributed by atoms with Crippen LogP contribution < -0.4 is 10.6 Å². The largest absolute Gasteiger partial charge is 0.411 e. The van der Waals surface area contributed by atoms with E-state index in [0.717, 1.165) is 24.5 Å². The van der Waals surface area contributed by atoms with Gasteiger partial charge in [0.1, 0.15) is 6.61 Å². The van der Waals surface area contributed by atoms with Crippen molar-refractivity contribution in [3.05, 3.63) is 35.4 Å². The van der Waals surface area contributed by atoms with E-state index < -0.39 is 12.8 Å². The normalized spacial score (nSPS) is 16.4. The van der Waals surface area contributed by atoms with Gasteiger partial charge in [0.25, 0.3) is 0 Å². The van der Waals surface area contributed by atoms with E-state index in [1.807, 2.05) is 12.1 Å². The summed E-state index contributed by atoms with van der Waals surface area (Å²) in [6, 6.07) is 7.84.